The van der Waals surface area contributed by atoms with E-state index in [1.165, 1.54) is 12.3 Å². The van der Waals surface area contributed by atoms with E-state index in [9.17, 15) is 5.21 Å². The fourth-order valence-corrected chi connectivity index (χ4v) is 1.43. The van der Waals surface area contributed by atoms with Crippen LogP contribution >= 0.6 is 11.6 Å². The van der Waals surface area contributed by atoms with Gasteiger partial charge in [-0.1, -0.05) is 23.7 Å². The summed E-state index contributed by atoms with van der Waals surface area (Å²) in [4.78, 5) is 0. The van der Waals surface area contributed by atoms with E-state index >= 15 is 0 Å². The van der Waals surface area contributed by atoms with Crippen molar-refractivity contribution >= 4 is 11.6 Å². The Morgan fingerprint density at radius 1 is 1.00 bits per heavy atom. The Balaban J connectivity index is 2.50. The lowest BCUT2D eigenvalue weighted by molar-refractivity contribution is 0.171. The van der Waals surface area contributed by atoms with Crippen molar-refractivity contribution in [2.45, 2.75) is 0 Å². The van der Waals surface area contributed by atoms with Gasteiger partial charge in [0.05, 0.1) is 6.20 Å². The number of nitrogens with one attached hydrogen (secondary N) is 1. The van der Waals surface area contributed by atoms with Crippen molar-refractivity contribution in [3.8, 4) is 11.1 Å². The molecule has 0 saturated carbocycles. The van der Waals surface area contributed by atoms with Crippen molar-refractivity contribution < 1.29 is 5.21 Å². The molecule has 1 aromatic heterocycles. The molecular formula is C11H9ClN2O. The lowest BCUT2D eigenvalue weighted by atomic mass is 10.1. The van der Waals surface area contributed by atoms with Crippen molar-refractivity contribution in [3.05, 3.63) is 53.1 Å². The van der Waals surface area contributed by atoms with Gasteiger partial charge in [0.25, 0.3) is 0 Å². The summed E-state index contributed by atoms with van der Waals surface area (Å²) < 4.78 is 0.782. The summed E-state index contributed by atoms with van der Waals surface area (Å²) in [6.07, 6.45) is 1.49. The molecular weight excluding hydrogens is 212 g/mol. The van der Waals surface area contributed by atoms with E-state index in [0.29, 0.717) is 5.02 Å². The van der Waals surface area contributed by atoms with E-state index in [1.54, 1.807) is 18.2 Å². The first-order valence-electron chi connectivity index (χ1n) is 4.39. The van der Waals surface area contributed by atoms with E-state index in [1.807, 2.05) is 12.1 Å². The summed E-state index contributed by atoms with van der Waals surface area (Å²) in [5.41, 5.74) is 1.83. The van der Waals surface area contributed by atoms with Crippen LogP contribution in [0.2, 0.25) is 5.02 Å². The quantitative estimate of drug-likeness (QED) is 0.713. The van der Waals surface area contributed by atoms with Gasteiger partial charge in [-0.05, 0) is 29.8 Å². The van der Waals surface area contributed by atoms with Gasteiger partial charge in [-0.15, -0.1) is 0 Å². The molecule has 0 aliphatic carbocycles. The number of pyridine rings is 1. The van der Waals surface area contributed by atoms with E-state index in [0.717, 1.165) is 15.9 Å². The maximum absolute atomic E-state index is 9.32. The van der Waals surface area contributed by atoms with Crippen molar-refractivity contribution in [2.75, 3.05) is 0 Å². The average molecular weight is 221 g/mol. The second-order valence-corrected chi connectivity index (χ2v) is 3.59. The smallest absolute Gasteiger partial charge is 0.160 e. The highest BCUT2D eigenvalue weighted by atomic mass is 35.5. The molecule has 2 rings (SSSR count). The molecule has 3 nitrogen and oxygen atoms in total. The molecule has 0 atom stereocenters. The zero-order valence-electron chi connectivity index (χ0n) is 7.81. The minimum absolute atomic E-state index is 0.0488. The van der Waals surface area contributed by atoms with Gasteiger partial charge in [-0.25, -0.2) is 0 Å². The van der Waals surface area contributed by atoms with Gasteiger partial charge < -0.3 is 5.21 Å². The van der Waals surface area contributed by atoms with Gasteiger partial charge >= 0.3 is 0 Å². The Bertz CT molecular complexity index is 531. The monoisotopic (exact) mass is 220 g/mol. The van der Waals surface area contributed by atoms with Crippen molar-refractivity contribution in [1.29, 1.82) is 5.41 Å². The number of nitrogens with zero attached hydrogens (tertiary/aromatic N) is 1. The lowest BCUT2D eigenvalue weighted by Gasteiger charge is -2.03. The Labute approximate surface area is 91.7 Å². The number of halogens is 1. The Kier molecular flexibility index (Phi) is 2.47. The Hall–Kier alpha value is -1.74. The predicted octanol–water partition coefficient (Wildman–Crippen LogP) is 2.53. The van der Waals surface area contributed by atoms with Gasteiger partial charge in [-0.2, -0.15) is 4.73 Å². The second-order valence-electron chi connectivity index (χ2n) is 3.15. The SMILES string of the molecule is N=c1ccc(-c2ccc(Cl)cc2)cn1O. The summed E-state index contributed by atoms with van der Waals surface area (Å²) in [5.74, 6) is 0. The predicted molar refractivity (Wildman–Crippen MR) is 57.9 cm³/mol. The van der Waals surface area contributed by atoms with Crippen molar-refractivity contribution in [1.82, 2.24) is 4.73 Å². The third-order valence-electron chi connectivity index (χ3n) is 2.11. The Morgan fingerprint density at radius 2 is 1.60 bits per heavy atom. The average Bonchev–Trinajstić information content (AvgIpc) is 2.23. The maximum atomic E-state index is 9.32. The first kappa shape index (κ1) is 9.80. The molecule has 0 saturated heterocycles. The highest BCUT2D eigenvalue weighted by Gasteiger charge is 1.98. The minimum Gasteiger partial charge on any atom is -0.427 e. The van der Waals surface area contributed by atoms with Crippen LogP contribution in [-0.4, -0.2) is 9.94 Å². The van der Waals surface area contributed by atoms with Gasteiger partial charge in [0.15, 0.2) is 5.49 Å². The number of hydrogen-bond acceptors (Lipinski definition) is 2. The first-order valence-corrected chi connectivity index (χ1v) is 4.77. The highest BCUT2D eigenvalue weighted by Crippen LogP contribution is 2.19. The van der Waals surface area contributed by atoms with E-state index in [-0.39, 0.29) is 5.49 Å². The molecule has 0 spiro atoms. The molecule has 0 bridgehead atoms. The summed E-state index contributed by atoms with van der Waals surface area (Å²) in [7, 11) is 0. The molecule has 0 fully saturated rings. The van der Waals surface area contributed by atoms with Crippen LogP contribution in [0.25, 0.3) is 11.1 Å². The topological polar surface area (TPSA) is 49.0 Å². The number of hydrogen-bond donors (Lipinski definition) is 2. The van der Waals surface area contributed by atoms with Crippen LogP contribution in [0.15, 0.2) is 42.6 Å². The lowest BCUT2D eigenvalue weighted by Crippen LogP contribution is -2.15. The van der Waals surface area contributed by atoms with Crippen molar-refractivity contribution in [2.24, 2.45) is 0 Å². The molecule has 0 aliphatic rings. The largest absolute Gasteiger partial charge is 0.427 e. The standard InChI is InChI=1S/C11H9ClN2O/c12-10-4-1-8(2-5-10)9-3-6-11(13)14(15)7-9/h1-7,13,15H. The fourth-order valence-electron chi connectivity index (χ4n) is 1.30. The molecule has 15 heavy (non-hydrogen) atoms. The van der Waals surface area contributed by atoms with Crippen LogP contribution in [0.3, 0.4) is 0 Å². The first-order chi connectivity index (χ1) is 7.16. The molecule has 0 unspecified atom stereocenters. The number of benzene rings is 1. The molecule has 2 aromatic rings. The summed E-state index contributed by atoms with van der Waals surface area (Å²) in [6, 6.07) is 10.6. The Morgan fingerprint density at radius 3 is 2.20 bits per heavy atom. The van der Waals surface area contributed by atoms with Gasteiger partial charge in [0.1, 0.15) is 0 Å². The number of aromatic nitrogens is 1. The number of rotatable bonds is 1. The molecule has 0 aliphatic heterocycles. The summed E-state index contributed by atoms with van der Waals surface area (Å²) >= 11 is 5.77. The molecule has 4 heteroatoms. The van der Waals surface area contributed by atoms with Gasteiger partial charge in [0.2, 0.25) is 0 Å². The maximum Gasteiger partial charge on any atom is 0.160 e. The molecule has 0 radical (unpaired) electrons. The van der Waals surface area contributed by atoms with Crippen LogP contribution in [0.5, 0.6) is 0 Å². The van der Waals surface area contributed by atoms with Crippen molar-refractivity contribution in [3.63, 3.8) is 0 Å². The molecule has 76 valence electrons. The van der Waals surface area contributed by atoms with E-state index < -0.39 is 0 Å². The van der Waals surface area contributed by atoms with Crippen LogP contribution in [-0.2, 0) is 0 Å². The molecule has 1 heterocycles. The second kappa shape index (κ2) is 3.79. The third kappa shape index (κ3) is 2.02. The molecule has 2 N–H and O–H groups in total. The van der Waals surface area contributed by atoms with Gasteiger partial charge in [-0.3, -0.25) is 5.41 Å². The van der Waals surface area contributed by atoms with Crippen LogP contribution in [0.4, 0.5) is 0 Å². The zero-order chi connectivity index (χ0) is 10.8. The third-order valence-corrected chi connectivity index (χ3v) is 2.36. The highest BCUT2D eigenvalue weighted by molar-refractivity contribution is 6.30. The van der Waals surface area contributed by atoms with Crippen LogP contribution < -0.4 is 5.49 Å². The minimum atomic E-state index is 0.0488. The van der Waals surface area contributed by atoms with Gasteiger partial charge in [0, 0.05) is 10.6 Å². The summed E-state index contributed by atoms with van der Waals surface area (Å²) in [5, 5.41) is 17.3. The normalized spacial score (nSPS) is 10.2. The molecule has 1 aromatic carbocycles. The van der Waals surface area contributed by atoms with E-state index in [2.05, 4.69) is 0 Å². The zero-order valence-corrected chi connectivity index (χ0v) is 8.57. The van der Waals surface area contributed by atoms with Crippen LogP contribution in [0.1, 0.15) is 0 Å². The van der Waals surface area contributed by atoms with Crippen LogP contribution in [0, 0.1) is 5.41 Å². The molecule has 0 amide bonds. The summed E-state index contributed by atoms with van der Waals surface area (Å²) in [6.45, 7) is 0. The van der Waals surface area contributed by atoms with E-state index in [4.69, 9.17) is 17.0 Å². The fraction of sp³-hybridized carbons (Fsp3) is 0.